The number of methoxy groups -OCH3 is 1. The Bertz CT molecular complexity index is 374. The number of ether oxygens (including phenoxy) is 2. The maximum atomic E-state index is 10.9. The number of hydrogen-bond acceptors (Lipinski definition) is 4. The third-order valence-corrected chi connectivity index (χ3v) is 1.93. The van der Waals surface area contributed by atoms with Crippen molar-refractivity contribution in [2.75, 3.05) is 20.3 Å². The van der Waals surface area contributed by atoms with Crippen LogP contribution in [0, 0.1) is 0 Å². The summed E-state index contributed by atoms with van der Waals surface area (Å²) in [5, 5.41) is 0. The summed E-state index contributed by atoms with van der Waals surface area (Å²) in [6, 6.07) is 7.41. The van der Waals surface area contributed by atoms with Crippen LogP contribution in [0.2, 0.25) is 0 Å². The number of esters is 1. The highest BCUT2D eigenvalue weighted by molar-refractivity contribution is 5.71. The summed E-state index contributed by atoms with van der Waals surface area (Å²) in [5.41, 5.74) is 6.25. The molecule has 1 aromatic rings. The van der Waals surface area contributed by atoms with Crippen LogP contribution in [0.25, 0.3) is 6.08 Å². The molecule has 0 spiro atoms. The van der Waals surface area contributed by atoms with Gasteiger partial charge in [-0.05, 0) is 6.07 Å². The number of benzene rings is 1. The van der Waals surface area contributed by atoms with Gasteiger partial charge in [-0.2, -0.15) is 0 Å². The lowest BCUT2D eigenvalue weighted by Gasteiger charge is -2.07. The molecule has 16 heavy (non-hydrogen) atoms. The van der Waals surface area contributed by atoms with Crippen LogP contribution in [0.3, 0.4) is 0 Å². The molecule has 4 nitrogen and oxygen atoms in total. The standard InChI is InChI=1S/C12H15NO3/c1-15-12(14)9-16-11-7-3-2-5-10(11)6-4-8-13/h2-7H,8-9,13H2,1H3. The van der Waals surface area contributed by atoms with Crippen LogP contribution >= 0.6 is 0 Å². The van der Waals surface area contributed by atoms with Gasteiger partial charge in [0.15, 0.2) is 6.61 Å². The molecule has 1 aromatic carbocycles. The monoisotopic (exact) mass is 221 g/mol. The molecule has 0 heterocycles. The zero-order chi connectivity index (χ0) is 11.8. The maximum Gasteiger partial charge on any atom is 0.343 e. The number of para-hydroxylation sites is 1. The van der Waals surface area contributed by atoms with Crippen LogP contribution in [0.5, 0.6) is 5.75 Å². The van der Waals surface area contributed by atoms with Gasteiger partial charge in [-0.15, -0.1) is 0 Å². The normalized spacial score (nSPS) is 10.4. The first-order valence-electron chi connectivity index (χ1n) is 4.93. The van der Waals surface area contributed by atoms with Gasteiger partial charge in [0, 0.05) is 12.1 Å². The Morgan fingerprint density at radius 2 is 2.19 bits per heavy atom. The van der Waals surface area contributed by atoms with Crippen molar-refractivity contribution in [3.05, 3.63) is 35.9 Å². The summed E-state index contributed by atoms with van der Waals surface area (Å²) in [7, 11) is 1.33. The summed E-state index contributed by atoms with van der Waals surface area (Å²) in [6.07, 6.45) is 3.67. The summed E-state index contributed by atoms with van der Waals surface area (Å²) >= 11 is 0. The highest BCUT2D eigenvalue weighted by Crippen LogP contribution is 2.19. The van der Waals surface area contributed by atoms with Gasteiger partial charge >= 0.3 is 5.97 Å². The molecule has 0 saturated heterocycles. The summed E-state index contributed by atoms with van der Waals surface area (Å²) in [5.74, 6) is 0.232. The van der Waals surface area contributed by atoms with Crippen LogP contribution in [0.1, 0.15) is 5.56 Å². The Morgan fingerprint density at radius 3 is 2.88 bits per heavy atom. The molecular weight excluding hydrogens is 206 g/mol. The Hall–Kier alpha value is -1.81. The second-order valence-electron chi connectivity index (χ2n) is 3.04. The van der Waals surface area contributed by atoms with Gasteiger partial charge in [-0.1, -0.05) is 30.4 Å². The van der Waals surface area contributed by atoms with Crippen LogP contribution in [-0.4, -0.2) is 26.2 Å². The van der Waals surface area contributed by atoms with Gasteiger partial charge in [0.25, 0.3) is 0 Å². The van der Waals surface area contributed by atoms with E-state index in [1.54, 1.807) is 6.07 Å². The van der Waals surface area contributed by atoms with Gasteiger partial charge in [-0.3, -0.25) is 0 Å². The molecule has 0 aromatic heterocycles. The predicted octanol–water partition coefficient (Wildman–Crippen LogP) is 1.21. The highest BCUT2D eigenvalue weighted by Gasteiger charge is 2.03. The molecule has 0 radical (unpaired) electrons. The third-order valence-electron chi connectivity index (χ3n) is 1.93. The molecule has 4 heteroatoms. The topological polar surface area (TPSA) is 61.5 Å². The number of nitrogens with two attached hydrogens (primary N) is 1. The second kappa shape index (κ2) is 6.63. The SMILES string of the molecule is COC(=O)COc1ccccc1C=CCN. The van der Waals surface area contributed by atoms with E-state index in [0.717, 1.165) is 5.56 Å². The van der Waals surface area contributed by atoms with Gasteiger partial charge in [0.1, 0.15) is 5.75 Å². The van der Waals surface area contributed by atoms with E-state index in [0.29, 0.717) is 12.3 Å². The molecule has 0 aliphatic carbocycles. The van der Waals surface area contributed by atoms with Crippen molar-refractivity contribution in [3.63, 3.8) is 0 Å². The van der Waals surface area contributed by atoms with Crippen LogP contribution < -0.4 is 10.5 Å². The lowest BCUT2D eigenvalue weighted by molar-refractivity contribution is -0.142. The molecule has 0 saturated carbocycles. The van der Waals surface area contributed by atoms with E-state index >= 15 is 0 Å². The number of carbonyl (C=O) groups is 1. The third kappa shape index (κ3) is 3.74. The first-order chi connectivity index (χ1) is 7.77. The summed E-state index contributed by atoms with van der Waals surface area (Å²) < 4.78 is 9.81. The summed E-state index contributed by atoms with van der Waals surface area (Å²) in [6.45, 7) is 0.370. The van der Waals surface area contributed by atoms with E-state index in [1.165, 1.54) is 7.11 Å². The van der Waals surface area contributed by atoms with Crippen LogP contribution in [-0.2, 0) is 9.53 Å². The van der Waals surface area contributed by atoms with Gasteiger partial charge in [0.05, 0.1) is 7.11 Å². The molecule has 1 rings (SSSR count). The Kier molecular flexibility index (Phi) is 5.08. The number of carbonyl (C=O) groups excluding carboxylic acids is 1. The first-order valence-corrected chi connectivity index (χ1v) is 4.93. The van der Waals surface area contributed by atoms with Crippen molar-refractivity contribution >= 4 is 12.0 Å². The van der Waals surface area contributed by atoms with Crippen molar-refractivity contribution in [3.8, 4) is 5.75 Å². The smallest absolute Gasteiger partial charge is 0.343 e. The Balaban J connectivity index is 2.71. The van der Waals surface area contributed by atoms with Crippen LogP contribution in [0.15, 0.2) is 30.3 Å². The van der Waals surface area contributed by atoms with E-state index in [9.17, 15) is 4.79 Å². The Labute approximate surface area is 94.7 Å². The molecule has 0 fully saturated rings. The van der Waals surface area contributed by atoms with Crippen molar-refractivity contribution in [2.24, 2.45) is 5.73 Å². The minimum atomic E-state index is -0.405. The minimum Gasteiger partial charge on any atom is -0.481 e. The van der Waals surface area contributed by atoms with E-state index in [1.807, 2.05) is 30.4 Å². The lowest BCUT2D eigenvalue weighted by Crippen LogP contribution is -2.12. The van der Waals surface area contributed by atoms with Crippen molar-refractivity contribution in [1.29, 1.82) is 0 Å². The first kappa shape index (κ1) is 12.3. The number of hydrogen-bond donors (Lipinski definition) is 1. The molecule has 0 atom stereocenters. The van der Waals surface area contributed by atoms with E-state index in [2.05, 4.69) is 4.74 Å². The molecule has 0 amide bonds. The van der Waals surface area contributed by atoms with Crippen molar-refractivity contribution in [2.45, 2.75) is 0 Å². The van der Waals surface area contributed by atoms with Gasteiger partial charge < -0.3 is 15.2 Å². The fraction of sp³-hybridized carbons (Fsp3) is 0.250. The number of rotatable bonds is 5. The van der Waals surface area contributed by atoms with Gasteiger partial charge in [-0.25, -0.2) is 4.79 Å². The molecule has 0 aliphatic rings. The molecular formula is C12H15NO3. The second-order valence-corrected chi connectivity index (χ2v) is 3.04. The van der Waals surface area contributed by atoms with Crippen LogP contribution in [0.4, 0.5) is 0 Å². The molecule has 0 unspecified atom stereocenters. The largest absolute Gasteiger partial charge is 0.481 e. The van der Waals surface area contributed by atoms with E-state index in [-0.39, 0.29) is 6.61 Å². The fourth-order valence-electron chi connectivity index (χ4n) is 1.14. The average molecular weight is 221 g/mol. The maximum absolute atomic E-state index is 10.9. The predicted molar refractivity (Wildman–Crippen MR) is 62.0 cm³/mol. The van der Waals surface area contributed by atoms with E-state index in [4.69, 9.17) is 10.5 Å². The van der Waals surface area contributed by atoms with E-state index < -0.39 is 5.97 Å². The lowest BCUT2D eigenvalue weighted by atomic mass is 10.2. The molecule has 2 N–H and O–H groups in total. The molecule has 0 aliphatic heterocycles. The van der Waals surface area contributed by atoms with Crippen molar-refractivity contribution in [1.82, 2.24) is 0 Å². The molecule has 0 bridgehead atoms. The quantitative estimate of drug-likeness (QED) is 0.759. The molecule has 86 valence electrons. The Morgan fingerprint density at radius 1 is 1.44 bits per heavy atom. The zero-order valence-electron chi connectivity index (χ0n) is 9.18. The zero-order valence-corrected chi connectivity index (χ0v) is 9.18. The highest BCUT2D eigenvalue weighted by atomic mass is 16.6. The average Bonchev–Trinajstić information content (AvgIpc) is 2.34. The minimum absolute atomic E-state index is 0.0933. The van der Waals surface area contributed by atoms with Gasteiger partial charge in [0.2, 0.25) is 0 Å². The fourth-order valence-corrected chi connectivity index (χ4v) is 1.14. The van der Waals surface area contributed by atoms with Crippen molar-refractivity contribution < 1.29 is 14.3 Å². The summed E-state index contributed by atoms with van der Waals surface area (Å²) in [4.78, 5) is 10.9.